The number of aryl methyl sites for hydroxylation is 2. The Morgan fingerprint density at radius 3 is 2.48 bits per heavy atom. The largest absolute Gasteiger partial charge is 0.457 e. The summed E-state index contributed by atoms with van der Waals surface area (Å²) in [5.41, 5.74) is 3.49. The first-order chi connectivity index (χ1) is 12.8. The molecule has 0 aliphatic carbocycles. The standard InChI is InChI=1S/C21H20BrNO4/c1-13-3-8-18(9-14(13)2)23-11-16(10-20(23)25)21(26)27-12-19(24)15-4-6-17(22)7-5-15/h3-9,16H,10-12H2,1-2H3/t16-/m1/s1. The van der Waals surface area contributed by atoms with Crippen LogP contribution in [-0.4, -0.2) is 30.8 Å². The Morgan fingerprint density at radius 1 is 1.11 bits per heavy atom. The monoisotopic (exact) mass is 429 g/mol. The van der Waals surface area contributed by atoms with Crippen LogP contribution in [0.3, 0.4) is 0 Å². The Labute approximate surface area is 166 Å². The highest BCUT2D eigenvalue weighted by Crippen LogP contribution is 2.27. The van der Waals surface area contributed by atoms with Crippen LogP contribution in [0.2, 0.25) is 0 Å². The SMILES string of the molecule is Cc1ccc(N2C[C@H](C(=O)OCC(=O)c3ccc(Br)cc3)CC2=O)cc1C. The molecule has 0 aromatic heterocycles. The van der Waals surface area contributed by atoms with Gasteiger partial charge in [-0.15, -0.1) is 0 Å². The van der Waals surface area contributed by atoms with Crippen molar-refractivity contribution in [3.8, 4) is 0 Å². The lowest BCUT2D eigenvalue weighted by molar-refractivity contribution is -0.147. The highest BCUT2D eigenvalue weighted by molar-refractivity contribution is 9.10. The van der Waals surface area contributed by atoms with E-state index in [0.29, 0.717) is 5.56 Å². The zero-order chi connectivity index (χ0) is 19.6. The Kier molecular flexibility index (Phi) is 5.75. The number of Topliss-reactive ketones (excluding diaryl/α,β-unsaturated/α-hetero) is 1. The fourth-order valence-corrected chi connectivity index (χ4v) is 3.25. The van der Waals surface area contributed by atoms with Gasteiger partial charge in [-0.3, -0.25) is 14.4 Å². The second kappa shape index (κ2) is 8.05. The quantitative estimate of drug-likeness (QED) is 0.534. The van der Waals surface area contributed by atoms with Crippen LogP contribution in [0.5, 0.6) is 0 Å². The lowest BCUT2D eigenvalue weighted by Gasteiger charge is -2.17. The van der Waals surface area contributed by atoms with E-state index in [2.05, 4.69) is 15.9 Å². The van der Waals surface area contributed by atoms with Crippen LogP contribution >= 0.6 is 15.9 Å². The molecule has 0 unspecified atom stereocenters. The summed E-state index contributed by atoms with van der Waals surface area (Å²) in [6, 6.07) is 12.6. The fourth-order valence-electron chi connectivity index (χ4n) is 2.98. The number of carbonyl (C=O) groups is 3. The van der Waals surface area contributed by atoms with E-state index in [4.69, 9.17) is 4.74 Å². The van der Waals surface area contributed by atoms with E-state index in [0.717, 1.165) is 21.3 Å². The van der Waals surface area contributed by atoms with Gasteiger partial charge in [0.05, 0.1) is 5.92 Å². The predicted molar refractivity (Wildman–Crippen MR) is 106 cm³/mol. The number of rotatable bonds is 5. The molecule has 0 radical (unpaired) electrons. The maximum Gasteiger partial charge on any atom is 0.311 e. The third-order valence-electron chi connectivity index (χ3n) is 4.77. The highest BCUT2D eigenvalue weighted by Gasteiger charge is 2.36. The van der Waals surface area contributed by atoms with Crippen LogP contribution in [0.1, 0.15) is 27.9 Å². The van der Waals surface area contributed by atoms with Crippen LogP contribution in [0.25, 0.3) is 0 Å². The molecule has 0 saturated carbocycles. The Balaban J connectivity index is 1.59. The molecule has 1 amide bonds. The molecular formula is C21H20BrNO4. The zero-order valence-electron chi connectivity index (χ0n) is 15.2. The third-order valence-corrected chi connectivity index (χ3v) is 5.30. The second-order valence-electron chi connectivity index (χ2n) is 6.71. The summed E-state index contributed by atoms with van der Waals surface area (Å²) in [6.07, 6.45) is 0.0955. The molecule has 0 bridgehead atoms. The summed E-state index contributed by atoms with van der Waals surface area (Å²) in [5, 5.41) is 0. The summed E-state index contributed by atoms with van der Waals surface area (Å²) in [4.78, 5) is 38.4. The number of amides is 1. The molecule has 1 aliphatic rings. The number of hydrogen-bond acceptors (Lipinski definition) is 4. The average Bonchev–Trinajstić information content (AvgIpc) is 3.04. The van der Waals surface area contributed by atoms with Crippen molar-refractivity contribution in [2.45, 2.75) is 20.3 Å². The summed E-state index contributed by atoms with van der Waals surface area (Å²) in [7, 11) is 0. The molecule has 5 nitrogen and oxygen atoms in total. The minimum Gasteiger partial charge on any atom is -0.457 e. The van der Waals surface area contributed by atoms with Crippen LogP contribution < -0.4 is 4.90 Å². The smallest absolute Gasteiger partial charge is 0.311 e. The maximum atomic E-state index is 12.3. The molecule has 1 heterocycles. The van der Waals surface area contributed by atoms with E-state index < -0.39 is 11.9 Å². The first-order valence-electron chi connectivity index (χ1n) is 8.68. The number of ether oxygens (including phenoxy) is 1. The molecule has 140 valence electrons. The molecule has 6 heteroatoms. The number of hydrogen-bond donors (Lipinski definition) is 0. The van der Waals surface area contributed by atoms with Gasteiger partial charge in [-0.1, -0.05) is 34.1 Å². The van der Waals surface area contributed by atoms with Gasteiger partial charge < -0.3 is 9.64 Å². The molecule has 1 fully saturated rings. The molecule has 1 saturated heterocycles. The number of benzene rings is 2. The van der Waals surface area contributed by atoms with E-state index in [1.54, 1.807) is 29.2 Å². The van der Waals surface area contributed by atoms with Gasteiger partial charge in [-0.2, -0.15) is 0 Å². The minimum absolute atomic E-state index is 0.0955. The van der Waals surface area contributed by atoms with Crippen molar-refractivity contribution in [3.05, 3.63) is 63.6 Å². The van der Waals surface area contributed by atoms with Gasteiger partial charge >= 0.3 is 5.97 Å². The average molecular weight is 430 g/mol. The summed E-state index contributed by atoms with van der Waals surface area (Å²) in [6.45, 7) is 3.94. The topological polar surface area (TPSA) is 63.7 Å². The van der Waals surface area contributed by atoms with Crippen molar-refractivity contribution in [1.29, 1.82) is 0 Å². The lowest BCUT2D eigenvalue weighted by atomic mass is 10.1. The van der Waals surface area contributed by atoms with Crippen molar-refractivity contribution in [2.24, 2.45) is 5.92 Å². The van der Waals surface area contributed by atoms with Crippen LogP contribution in [0.4, 0.5) is 5.69 Å². The highest BCUT2D eigenvalue weighted by atomic mass is 79.9. The van der Waals surface area contributed by atoms with E-state index in [1.807, 2.05) is 32.0 Å². The van der Waals surface area contributed by atoms with Crippen molar-refractivity contribution in [1.82, 2.24) is 0 Å². The van der Waals surface area contributed by atoms with E-state index in [9.17, 15) is 14.4 Å². The first-order valence-corrected chi connectivity index (χ1v) is 9.47. The number of anilines is 1. The minimum atomic E-state index is -0.558. The molecule has 0 N–H and O–H groups in total. The van der Waals surface area contributed by atoms with Crippen molar-refractivity contribution >= 4 is 39.3 Å². The van der Waals surface area contributed by atoms with E-state index in [-0.39, 0.29) is 31.3 Å². The van der Waals surface area contributed by atoms with Gasteiger partial charge in [-0.25, -0.2) is 0 Å². The molecule has 1 atom stereocenters. The van der Waals surface area contributed by atoms with Gasteiger partial charge in [-0.05, 0) is 49.2 Å². The van der Waals surface area contributed by atoms with Crippen LogP contribution in [0.15, 0.2) is 46.9 Å². The Morgan fingerprint density at radius 2 is 1.81 bits per heavy atom. The van der Waals surface area contributed by atoms with Gasteiger partial charge in [0, 0.05) is 28.7 Å². The van der Waals surface area contributed by atoms with Gasteiger partial charge in [0.2, 0.25) is 5.91 Å². The molecule has 2 aromatic rings. The maximum absolute atomic E-state index is 12.3. The summed E-state index contributed by atoms with van der Waals surface area (Å²) >= 11 is 3.31. The number of carbonyl (C=O) groups excluding carboxylic acids is 3. The number of nitrogens with zero attached hydrogens (tertiary/aromatic N) is 1. The molecule has 0 spiro atoms. The second-order valence-corrected chi connectivity index (χ2v) is 7.63. The zero-order valence-corrected chi connectivity index (χ0v) is 16.8. The summed E-state index contributed by atoms with van der Waals surface area (Å²) < 4.78 is 6.04. The van der Waals surface area contributed by atoms with Gasteiger partial charge in [0.15, 0.2) is 12.4 Å². The molecule has 27 heavy (non-hydrogen) atoms. The Hall–Kier alpha value is -2.47. The van der Waals surface area contributed by atoms with Crippen LogP contribution in [-0.2, 0) is 14.3 Å². The number of esters is 1. The molecule has 2 aromatic carbocycles. The third kappa shape index (κ3) is 4.45. The normalized spacial score (nSPS) is 16.5. The molecular weight excluding hydrogens is 410 g/mol. The lowest BCUT2D eigenvalue weighted by Crippen LogP contribution is -2.27. The summed E-state index contributed by atoms with van der Waals surface area (Å²) in [5.74, 6) is -1.46. The number of halogens is 1. The predicted octanol–water partition coefficient (Wildman–Crippen LogP) is 3.84. The van der Waals surface area contributed by atoms with Crippen molar-refractivity contribution < 1.29 is 19.1 Å². The fraction of sp³-hybridized carbons (Fsp3) is 0.286. The molecule has 3 rings (SSSR count). The first kappa shape index (κ1) is 19.3. The van der Waals surface area contributed by atoms with E-state index >= 15 is 0 Å². The van der Waals surface area contributed by atoms with Crippen molar-refractivity contribution in [3.63, 3.8) is 0 Å². The Bertz CT molecular complexity index is 892. The van der Waals surface area contributed by atoms with Gasteiger partial charge in [0.1, 0.15) is 0 Å². The number of ketones is 1. The van der Waals surface area contributed by atoms with E-state index in [1.165, 1.54) is 0 Å². The van der Waals surface area contributed by atoms with Crippen molar-refractivity contribution in [2.75, 3.05) is 18.1 Å². The van der Waals surface area contributed by atoms with Crippen LogP contribution in [0, 0.1) is 19.8 Å². The molecule has 1 aliphatic heterocycles. The van der Waals surface area contributed by atoms with Gasteiger partial charge in [0.25, 0.3) is 0 Å².